The van der Waals surface area contributed by atoms with Gasteiger partial charge in [-0.05, 0) is 29.0 Å². The maximum Gasteiger partial charge on any atom is 0.197 e. The van der Waals surface area contributed by atoms with Crippen molar-refractivity contribution in [1.82, 2.24) is 20.2 Å². The Labute approximate surface area is 93.4 Å². The van der Waals surface area contributed by atoms with Crippen molar-refractivity contribution in [3.05, 3.63) is 35.7 Å². The fraction of sp³-hybridized carbons (Fsp3) is 0.182. The molecule has 0 bridgehead atoms. The lowest BCUT2D eigenvalue weighted by molar-refractivity contribution is 0.415. The molecule has 2 rings (SSSR count). The maximum atomic E-state index is 5.07. The first-order valence-corrected chi connectivity index (χ1v) is 4.84. The van der Waals surface area contributed by atoms with Crippen molar-refractivity contribution in [2.24, 2.45) is 7.05 Å². The minimum Gasteiger partial charge on any atom is -0.497 e. The first-order chi connectivity index (χ1) is 7.78. The van der Waals surface area contributed by atoms with Crippen molar-refractivity contribution in [1.29, 1.82) is 0 Å². The molecule has 16 heavy (non-hydrogen) atoms. The summed E-state index contributed by atoms with van der Waals surface area (Å²) in [4.78, 5) is 1.42. The van der Waals surface area contributed by atoms with E-state index >= 15 is 0 Å². The number of methoxy groups -OCH3 is 1. The molecule has 0 aliphatic rings. The number of hydrogen-bond donors (Lipinski definition) is 0. The molecule has 0 aliphatic heterocycles. The van der Waals surface area contributed by atoms with Gasteiger partial charge in [0.1, 0.15) is 5.75 Å². The Bertz CT molecular complexity index is 487. The van der Waals surface area contributed by atoms with E-state index in [1.54, 1.807) is 14.2 Å². The topological polar surface area (TPSA) is 52.8 Å². The summed E-state index contributed by atoms with van der Waals surface area (Å²) in [6.07, 6.45) is 3.74. The number of ether oxygens (including phenoxy) is 1. The van der Waals surface area contributed by atoms with E-state index in [0.29, 0.717) is 5.82 Å². The first-order valence-electron chi connectivity index (χ1n) is 4.84. The maximum absolute atomic E-state index is 5.07. The quantitative estimate of drug-likeness (QED) is 0.778. The second kappa shape index (κ2) is 4.57. The molecule has 5 heteroatoms. The van der Waals surface area contributed by atoms with E-state index in [1.165, 1.54) is 4.80 Å². The Kier molecular flexibility index (Phi) is 2.95. The largest absolute Gasteiger partial charge is 0.497 e. The summed E-state index contributed by atoms with van der Waals surface area (Å²) >= 11 is 0. The summed E-state index contributed by atoms with van der Waals surface area (Å²) in [5.74, 6) is 1.44. The summed E-state index contributed by atoms with van der Waals surface area (Å²) in [6, 6.07) is 7.74. The lowest BCUT2D eigenvalue weighted by atomic mass is 10.2. The monoisotopic (exact) mass is 216 g/mol. The average molecular weight is 216 g/mol. The normalized spacial score (nSPS) is 10.9. The Morgan fingerprint density at radius 3 is 2.50 bits per heavy atom. The average Bonchev–Trinajstić information content (AvgIpc) is 2.73. The van der Waals surface area contributed by atoms with Gasteiger partial charge >= 0.3 is 0 Å². The smallest absolute Gasteiger partial charge is 0.197 e. The third kappa shape index (κ3) is 2.44. The van der Waals surface area contributed by atoms with Gasteiger partial charge in [0.15, 0.2) is 5.82 Å². The van der Waals surface area contributed by atoms with Crippen LogP contribution in [0.3, 0.4) is 0 Å². The molecular formula is C11H12N4O. The molecule has 1 aromatic carbocycles. The van der Waals surface area contributed by atoms with Gasteiger partial charge in [0.2, 0.25) is 0 Å². The number of rotatable bonds is 3. The van der Waals surface area contributed by atoms with Crippen LogP contribution in [-0.4, -0.2) is 27.3 Å². The summed E-state index contributed by atoms with van der Waals surface area (Å²) < 4.78 is 5.07. The molecule has 0 saturated carbocycles. The third-order valence-electron chi connectivity index (χ3n) is 2.06. The number of aromatic nitrogens is 4. The zero-order valence-corrected chi connectivity index (χ0v) is 9.16. The van der Waals surface area contributed by atoms with Crippen LogP contribution in [0.5, 0.6) is 5.75 Å². The molecule has 0 atom stereocenters. The lowest BCUT2D eigenvalue weighted by Gasteiger charge is -1.98. The van der Waals surface area contributed by atoms with Crippen LogP contribution in [0.2, 0.25) is 0 Å². The molecule has 0 aliphatic carbocycles. The molecule has 0 fully saturated rings. The fourth-order valence-electron chi connectivity index (χ4n) is 1.25. The van der Waals surface area contributed by atoms with Gasteiger partial charge < -0.3 is 4.74 Å². The Hall–Kier alpha value is -2.17. The van der Waals surface area contributed by atoms with Crippen molar-refractivity contribution in [3.8, 4) is 5.75 Å². The van der Waals surface area contributed by atoms with Gasteiger partial charge in [-0.2, -0.15) is 4.80 Å². The highest BCUT2D eigenvalue weighted by Crippen LogP contribution is 2.12. The van der Waals surface area contributed by atoms with E-state index in [1.807, 2.05) is 36.4 Å². The molecule has 1 heterocycles. The molecule has 0 amide bonds. The van der Waals surface area contributed by atoms with Gasteiger partial charge in [-0.15, -0.1) is 10.2 Å². The molecule has 1 aromatic heterocycles. The van der Waals surface area contributed by atoms with Gasteiger partial charge in [-0.1, -0.05) is 18.2 Å². The zero-order valence-electron chi connectivity index (χ0n) is 9.16. The van der Waals surface area contributed by atoms with E-state index in [0.717, 1.165) is 11.3 Å². The molecule has 2 aromatic rings. The van der Waals surface area contributed by atoms with Crippen LogP contribution < -0.4 is 4.74 Å². The van der Waals surface area contributed by atoms with Crippen molar-refractivity contribution >= 4 is 12.2 Å². The minimum absolute atomic E-state index is 0.596. The van der Waals surface area contributed by atoms with Crippen LogP contribution in [0.4, 0.5) is 0 Å². The van der Waals surface area contributed by atoms with E-state index in [4.69, 9.17) is 4.74 Å². The highest BCUT2D eigenvalue weighted by Gasteiger charge is 1.94. The molecule has 82 valence electrons. The predicted octanol–water partition coefficient (Wildman–Crippen LogP) is 1.39. The van der Waals surface area contributed by atoms with Crippen LogP contribution in [0.15, 0.2) is 24.3 Å². The second-order valence-electron chi connectivity index (χ2n) is 3.24. The molecular weight excluding hydrogens is 204 g/mol. The van der Waals surface area contributed by atoms with Gasteiger partial charge in [0.05, 0.1) is 14.2 Å². The van der Waals surface area contributed by atoms with E-state index in [9.17, 15) is 0 Å². The Balaban J connectivity index is 2.11. The highest BCUT2D eigenvalue weighted by atomic mass is 16.5. The van der Waals surface area contributed by atoms with Gasteiger partial charge in [-0.25, -0.2) is 0 Å². The number of benzene rings is 1. The molecule has 0 saturated heterocycles. The summed E-state index contributed by atoms with van der Waals surface area (Å²) in [5, 5.41) is 11.6. The van der Waals surface area contributed by atoms with Gasteiger partial charge in [-0.3, -0.25) is 0 Å². The van der Waals surface area contributed by atoms with E-state index < -0.39 is 0 Å². The number of aryl methyl sites for hydroxylation is 1. The van der Waals surface area contributed by atoms with E-state index in [2.05, 4.69) is 15.4 Å². The van der Waals surface area contributed by atoms with Crippen molar-refractivity contribution in [2.75, 3.05) is 7.11 Å². The molecule has 0 radical (unpaired) electrons. The number of hydrogen-bond acceptors (Lipinski definition) is 4. The SMILES string of the molecule is COc1ccc(/C=C/c2nnn(C)n2)cc1. The number of tetrazole rings is 1. The Morgan fingerprint density at radius 2 is 1.94 bits per heavy atom. The Morgan fingerprint density at radius 1 is 1.19 bits per heavy atom. The van der Waals surface area contributed by atoms with Gasteiger partial charge in [0, 0.05) is 0 Å². The molecule has 0 N–H and O–H groups in total. The van der Waals surface area contributed by atoms with Crippen LogP contribution in [-0.2, 0) is 7.05 Å². The second-order valence-corrected chi connectivity index (χ2v) is 3.24. The van der Waals surface area contributed by atoms with Crippen LogP contribution in [0.25, 0.3) is 12.2 Å². The molecule has 5 nitrogen and oxygen atoms in total. The van der Waals surface area contributed by atoms with E-state index in [-0.39, 0.29) is 0 Å². The van der Waals surface area contributed by atoms with Crippen molar-refractivity contribution in [2.45, 2.75) is 0 Å². The van der Waals surface area contributed by atoms with Crippen LogP contribution >= 0.6 is 0 Å². The van der Waals surface area contributed by atoms with Crippen molar-refractivity contribution in [3.63, 3.8) is 0 Å². The minimum atomic E-state index is 0.596. The van der Waals surface area contributed by atoms with Crippen LogP contribution in [0, 0.1) is 0 Å². The highest BCUT2D eigenvalue weighted by molar-refractivity contribution is 5.66. The standard InChI is InChI=1S/C11H12N4O/c1-15-13-11(12-14-15)8-5-9-3-6-10(16-2)7-4-9/h3-8H,1-2H3/b8-5+. The number of nitrogens with zero attached hydrogens (tertiary/aromatic N) is 4. The third-order valence-corrected chi connectivity index (χ3v) is 2.06. The fourth-order valence-corrected chi connectivity index (χ4v) is 1.25. The molecule has 0 spiro atoms. The van der Waals surface area contributed by atoms with Gasteiger partial charge in [0.25, 0.3) is 0 Å². The van der Waals surface area contributed by atoms with Crippen LogP contribution in [0.1, 0.15) is 11.4 Å². The summed E-state index contributed by atoms with van der Waals surface area (Å²) in [7, 11) is 3.38. The summed E-state index contributed by atoms with van der Waals surface area (Å²) in [5.41, 5.74) is 1.06. The zero-order chi connectivity index (χ0) is 11.4. The predicted molar refractivity (Wildman–Crippen MR) is 60.7 cm³/mol. The molecule has 0 unspecified atom stereocenters. The first kappa shape index (κ1) is 10.4. The summed E-state index contributed by atoms with van der Waals surface area (Å²) in [6.45, 7) is 0. The lowest BCUT2D eigenvalue weighted by Crippen LogP contribution is -1.91. The van der Waals surface area contributed by atoms with Crippen molar-refractivity contribution < 1.29 is 4.74 Å².